The Labute approximate surface area is 125 Å². The van der Waals surface area contributed by atoms with Crippen LogP contribution in [0.2, 0.25) is 0 Å². The van der Waals surface area contributed by atoms with Gasteiger partial charge in [-0.15, -0.1) is 0 Å². The monoisotopic (exact) mass is 314 g/mol. The van der Waals surface area contributed by atoms with E-state index in [4.69, 9.17) is 9.88 Å². The molecule has 1 rings (SSSR count). The number of carbonyl (C=O) groups is 1. The van der Waals surface area contributed by atoms with Gasteiger partial charge in [0.25, 0.3) is 0 Å². The molecule has 1 aromatic carbocycles. The zero-order valence-electron chi connectivity index (χ0n) is 12.5. The van der Waals surface area contributed by atoms with Crippen molar-refractivity contribution in [2.24, 2.45) is 11.1 Å². The number of amides is 1. The van der Waals surface area contributed by atoms with Crippen molar-refractivity contribution in [2.45, 2.75) is 38.1 Å². The van der Waals surface area contributed by atoms with E-state index < -0.39 is 10.0 Å². The summed E-state index contributed by atoms with van der Waals surface area (Å²) in [5.74, 6) is 0.0720. The van der Waals surface area contributed by atoms with Crippen LogP contribution < -0.4 is 15.2 Å². The van der Waals surface area contributed by atoms with Crippen LogP contribution in [0.1, 0.15) is 32.3 Å². The Morgan fingerprint density at radius 1 is 1.43 bits per heavy atom. The van der Waals surface area contributed by atoms with Crippen LogP contribution in [0.3, 0.4) is 0 Å². The third-order valence-electron chi connectivity index (χ3n) is 3.17. The summed E-state index contributed by atoms with van der Waals surface area (Å²) in [4.78, 5) is 11.7. The van der Waals surface area contributed by atoms with Crippen LogP contribution in [-0.2, 0) is 21.4 Å². The van der Waals surface area contributed by atoms with Crippen molar-refractivity contribution >= 4 is 15.9 Å². The van der Waals surface area contributed by atoms with Gasteiger partial charge in [0.15, 0.2) is 0 Å². The molecule has 0 radical (unpaired) electrons. The van der Waals surface area contributed by atoms with Crippen LogP contribution in [0.4, 0.5) is 0 Å². The van der Waals surface area contributed by atoms with Gasteiger partial charge < -0.3 is 10.1 Å². The van der Waals surface area contributed by atoms with E-state index in [1.165, 1.54) is 19.2 Å². The largest absolute Gasteiger partial charge is 0.495 e. The Hall–Kier alpha value is -1.60. The Balaban J connectivity index is 2.84. The van der Waals surface area contributed by atoms with Crippen molar-refractivity contribution in [3.63, 3.8) is 0 Å². The average Bonchev–Trinajstić information content (AvgIpc) is 2.43. The number of sulfonamides is 1. The van der Waals surface area contributed by atoms with Crippen LogP contribution in [0.15, 0.2) is 23.1 Å². The number of ether oxygens (including phenoxy) is 1. The van der Waals surface area contributed by atoms with E-state index in [-0.39, 0.29) is 29.0 Å². The maximum absolute atomic E-state index is 11.8. The van der Waals surface area contributed by atoms with Crippen LogP contribution >= 0.6 is 0 Å². The molecule has 1 amide bonds. The molecule has 0 aliphatic heterocycles. The minimum atomic E-state index is -3.87. The summed E-state index contributed by atoms with van der Waals surface area (Å²) in [7, 11) is -2.50. The summed E-state index contributed by atoms with van der Waals surface area (Å²) in [6, 6.07) is 4.63. The van der Waals surface area contributed by atoms with Crippen molar-refractivity contribution in [2.75, 3.05) is 7.11 Å². The summed E-state index contributed by atoms with van der Waals surface area (Å²) in [6.45, 7) is 4.13. The van der Waals surface area contributed by atoms with E-state index in [2.05, 4.69) is 5.32 Å². The van der Waals surface area contributed by atoms with Gasteiger partial charge in [-0.3, -0.25) is 4.79 Å². The molecular formula is C14H22N2O4S. The first-order valence-corrected chi connectivity index (χ1v) is 8.31. The van der Waals surface area contributed by atoms with E-state index in [1.54, 1.807) is 6.07 Å². The second-order valence-electron chi connectivity index (χ2n) is 4.94. The fourth-order valence-electron chi connectivity index (χ4n) is 1.98. The third-order valence-corrected chi connectivity index (χ3v) is 4.10. The summed E-state index contributed by atoms with van der Waals surface area (Å²) < 4.78 is 28.0. The average molecular weight is 314 g/mol. The number of carbonyl (C=O) groups excluding carboxylic acids is 1. The molecule has 0 aromatic heterocycles. The highest BCUT2D eigenvalue weighted by atomic mass is 32.2. The zero-order chi connectivity index (χ0) is 16.0. The molecule has 6 nitrogen and oxygen atoms in total. The molecule has 0 saturated heterocycles. The van der Waals surface area contributed by atoms with Gasteiger partial charge >= 0.3 is 0 Å². The fourth-order valence-corrected chi connectivity index (χ4v) is 2.73. The molecule has 0 bridgehead atoms. The Morgan fingerprint density at radius 3 is 2.62 bits per heavy atom. The zero-order valence-corrected chi connectivity index (χ0v) is 13.4. The minimum Gasteiger partial charge on any atom is -0.495 e. The topological polar surface area (TPSA) is 98.5 Å². The molecule has 1 atom stereocenters. The van der Waals surface area contributed by atoms with E-state index in [0.29, 0.717) is 5.56 Å². The predicted octanol–water partition coefficient (Wildman–Crippen LogP) is 1.40. The molecular weight excluding hydrogens is 292 g/mol. The summed E-state index contributed by atoms with van der Waals surface area (Å²) in [5, 5.41) is 7.93. The van der Waals surface area contributed by atoms with Gasteiger partial charge in [0.2, 0.25) is 15.9 Å². The lowest BCUT2D eigenvalue weighted by molar-refractivity contribution is -0.124. The van der Waals surface area contributed by atoms with E-state index in [1.807, 2.05) is 13.8 Å². The van der Waals surface area contributed by atoms with Crippen LogP contribution in [0.25, 0.3) is 0 Å². The highest BCUT2D eigenvalue weighted by Crippen LogP contribution is 2.23. The summed E-state index contributed by atoms with van der Waals surface area (Å²) >= 11 is 0. The summed E-state index contributed by atoms with van der Waals surface area (Å²) in [6.07, 6.45) is 1.75. The van der Waals surface area contributed by atoms with Gasteiger partial charge in [-0.2, -0.15) is 0 Å². The molecule has 7 heteroatoms. The van der Waals surface area contributed by atoms with Gasteiger partial charge in [-0.1, -0.05) is 26.3 Å². The Kier molecular flexibility index (Phi) is 6.17. The van der Waals surface area contributed by atoms with E-state index in [9.17, 15) is 13.2 Å². The number of hydrogen-bond acceptors (Lipinski definition) is 4. The number of hydrogen-bond donors (Lipinski definition) is 2. The molecule has 0 heterocycles. The van der Waals surface area contributed by atoms with E-state index in [0.717, 1.165) is 12.8 Å². The van der Waals surface area contributed by atoms with Crippen LogP contribution in [0.5, 0.6) is 5.75 Å². The molecule has 0 aliphatic rings. The lowest BCUT2D eigenvalue weighted by atomic mass is 10.1. The highest BCUT2D eigenvalue weighted by Gasteiger charge is 2.16. The first-order valence-electron chi connectivity index (χ1n) is 6.77. The Bertz CT molecular complexity index is 599. The van der Waals surface area contributed by atoms with Gasteiger partial charge in [0.1, 0.15) is 10.6 Å². The molecule has 0 aliphatic carbocycles. The maximum Gasteiger partial charge on any atom is 0.241 e. The number of rotatable bonds is 7. The quantitative estimate of drug-likeness (QED) is 0.794. The SMILES string of the molecule is CCCC(C)C(=O)NCc1ccc(OC)c(S(N)(=O)=O)c1. The van der Waals surface area contributed by atoms with Crippen molar-refractivity contribution in [1.82, 2.24) is 5.32 Å². The lowest BCUT2D eigenvalue weighted by Crippen LogP contribution is -2.28. The van der Waals surface area contributed by atoms with Crippen molar-refractivity contribution in [1.29, 1.82) is 0 Å². The van der Waals surface area contributed by atoms with Gasteiger partial charge in [0.05, 0.1) is 7.11 Å². The van der Waals surface area contributed by atoms with Crippen molar-refractivity contribution in [3.05, 3.63) is 23.8 Å². The highest BCUT2D eigenvalue weighted by molar-refractivity contribution is 7.89. The lowest BCUT2D eigenvalue weighted by Gasteiger charge is -2.12. The second-order valence-corrected chi connectivity index (χ2v) is 6.47. The van der Waals surface area contributed by atoms with Gasteiger partial charge in [-0.25, -0.2) is 13.6 Å². The smallest absolute Gasteiger partial charge is 0.241 e. The van der Waals surface area contributed by atoms with E-state index >= 15 is 0 Å². The molecule has 0 fully saturated rings. The number of nitrogens with one attached hydrogen (secondary N) is 1. The predicted molar refractivity (Wildman–Crippen MR) is 80.3 cm³/mol. The van der Waals surface area contributed by atoms with Gasteiger partial charge in [-0.05, 0) is 24.1 Å². The molecule has 3 N–H and O–H groups in total. The summed E-state index contributed by atoms with van der Waals surface area (Å²) in [5.41, 5.74) is 0.650. The number of nitrogens with two attached hydrogens (primary N) is 1. The van der Waals surface area contributed by atoms with Crippen molar-refractivity contribution in [3.8, 4) is 5.75 Å². The molecule has 118 valence electrons. The minimum absolute atomic E-state index is 0.0511. The molecule has 1 unspecified atom stereocenters. The molecule has 21 heavy (non-hydrogen) atoms. The maximum atomic E-state index is 11.8. The third kappa shape index (κ3) is 5.02. The normalized spacial score (nSPS) is 12.8. The Morgan fingerprint density at radius 2 is 2.10 bits per heavy atom. The molecule has 0 saturated carbocycles. The molecule has 1 aromatic rings. The van der Waals surface area contributed by atoms with Crippen LogP contribution in [-0.4, -0.2) is 21.4 Å². The fraction of sp³-hybridized carbons (Fsp3) is 0.500. The standard InChI is InChI=1S/C14H22N2O4S/c1-4-5-10(2)14(17)16-9-11-6-7-12(20-3)13(8-11)21(15,18)19/h6-8,10H,4-5,9H2,1-3H3,(H,16,17)(H2,15,18,19). The first kappa shape index (κ1) is 17.5. The second kappa shape index (κ2) is 7.42. The number of methoxy groups -OCH3 is 1. The van der Waals surface area contributed by atoms with Crippen molar-refractivity contribution < 1.29 is 17.9 Å². The van der Waals surface area contributed by atoms with Crippen LogP contribution in [0, 0.1) is 5.92 Å². The van der Waals surface area contributed by atoms with Gasteiger partial charge in [0, 0.05) is 12.5 Å². The molecule has 0 spiro atoms. The number of primary sulfonamides is 1. The number of benzene rings is 1. The first-order chi connectivity index (χ1) is 9.79.